The molecule has 3 saturated carbocycles. The van der Waals surface area contributed by atoms with Gasteiger partial charge in [-0.15, -0.1) is 0 Å². The van der Waals surface area contributed by atoms with E-state index in [9.17, 15) is 0 Å². The molecule has 2 aromatic carbocycles. The van der Waals surface area contributed by atoms with Crippen LogP contribution in [-0.4, -0.2) is 63.7 Å². The van der Waals surface area contributed by atoms with Crippen molar-refractivity contribution < 1.29 is 18.9 Å². The third-order valence-corrected chi connectivity index (χ3v) is 10.6. The van der Waals surface area contributed by atoms with Gasteiger partial charge in [-0.1, -0.05) is 48.6 Å². The van der Waals surface area contributed by atoms with Crippen molar-refractivity contribution in [3.05, 3.63) is 65.2 Å². The lowest BCUT2D eigenvalue weighted by atomic mass is 9.35. The van der Waals surface area contributed by atoms with E-state index in [1.807, 2.05) is 13.2 Å². The Bertz CT molecular complexity index is 1200. The van der Waals surface area contributed by atoms with Crippen molar-refractivity contribution in [2.24, 2.45) is 11.3 Å². The summed E-state index contributed by atoms with van der Waals surface area (Å²) in [7, 11) is 5.99. The Morgan fingerprint density at radius 1 is 1.08 bits per heavy atom. The second kappa shape index (κ2) is 8.08. The average Bonchev–Trinajstić information content (AvgIpc) is 3.28. The summed E-state index contributed by atoms with van der Waals surface area (Å²) in [5.74, 6) is 2.16. The summed E-state index contributed by atoms with van der Waals surface area (Å²) in [6, 6.07) is 15.3. The number of ether oxygens (including phenoxy) is 4. The van der Waals surface area contributed by atoms with Gasteiger partial charge in [0, 0.05) is 35.5 Å². The molecule has 6 aliphatic rings. The zero-order valence-electron chi connectivity index (χ0n) is 21.7. The first-order valence-electron chi connectivity index (χ1n) is 13.5. The van der Waals surface area contributed by atoms with Gasteiger partial charge >= 0.3 is 0 Å². The van der Waals surface area contributed by atoms with Gasteiger partial charge in [0.1, 0.15) is 11.7 Å². The van der Waals surface area contributed by atoms with Crippen LogP contribution in [0, 0.1) is 11.3 Å². The lowest BCUT2D eigenvalue weighted by molar-refractivity contribution is -0.281. The van der Waals surface area contributed by atoms with Gasteiger partial charge in [0.05, 0.1) is 20.3 Å². The first kappa shape index (κ1) is 22.8. The molecule has 0 N–H and O–H groups in total. The zero-order chi connectivity index (χ0) is 24.5. The van der Waals surface area contributed by atoms with Gasteiger partial charge in [-0.05, 0) is 62.9 Å². The van der Waals surface area contributed by atoms with Crippen LogP contribution >= 0.6 is 0 Å². The topological polar surface area (TPSA) is 40.2 Å². The predicted octanol–water partition coefficient (Wildman–Crippen LogP) is 4.87. The van der Waals surface area contributed by atoms with Crippen LogP contribution in [0.2, 0.25) is 0 Å². The molecule has 0 amide bonds. The molecule has 2 aliphatic heterocycles. The fraction of sp³-hybridized carbons (Fsp3) is 0.548. The molecule has 6 atom stereocenters. The van der Waals surface area contributed by atoms with Gasteiger partial charge in [0.2, 0.25) is 0 Å². The first-order chi connectivity index (χ1) is 17.6. The minimum atomic E-state index is -0.343. The van der Waals surface area contributed by atoms with Gasteiger partial charge in [-0.3, -0.25) is 0 Å². The molecule has 2 unspecified atom stereocenters. The van der Waals surface area contributed by atoms with Crippen LogP contribution in [0.3, 0.4) is 0 Å². The van der Waals surface area contributed by atoms with E-state index in [4.69, 9.17) is 18.9 Å². The molecule has 2 heterocycles. The number of hydrogen-bond donors (Lipinski definition) is 0. The highest BCUT2D eigenvalue weighted by Crippen LogP contribution is 2.76. The van der Waals surface area contributed by atoms with Crippen molar-refractivity contribution in [1.82, 2.24) is 4.90 Å². The molecule has 190 valence electrons. The summed E-state index contributed by atoms with van der Waals surface area (Å²) in [6.45, 7) is 2.41. The first-order valence-corrected chi connectivity index (χ1v) is 13.5. The molecule has 4 fully saturated rings. The molecule has 1 saturated heterocycles. The predicted molar refractivity (Wildman–Crippen MR) is 140 cm³/mol. The second-order valence-electron chi connectivity index (χ2n) is 11.6. The van der Waals surface area contributed by atoms with Gasteiger partial charge in [0.15, 0.2) is 11.5 Å². The number of benzene rings is 2. The number of rotatable bonds is 7. The number of nitrogens with zero attached hydrogens (tertiary/aromatic N) is 1. The van der Waals surface area contributed by atoms with Crippen LogP contribution in [0.1, 0.15) is 42.4 Å². The largest absolute Gasteiger partial charge is 0.493 e. The summed E-state index contributed by atoms with van der Waals surface area (Å²) in [5, 5.41) is 0. The molecule has 4 bridgehead atoms. The molecule has 2 spiro atoms. The molecular weight excluding hydrogens is 450 g/mol. The lowest BCUT2D eigenvalue weighted by Gasteiger charge is -2.73. The number of likely N-dealkylation sites (tertiary alicyclic amines) is 1. The zero-order valence-corrected chi connectivity index (χ0v) is 21.7. The maximum absolute atomic E-state index is 7.04. The maximum atomic E-state index is 7.04. The van der Waals surface area contributed by atoms with E-state index in [0.29, 0.717) is 25.2 Å². The molecule has 0 radical (unpaired) electrons. The quantitative estimate of drug-likeness (QED) is 0.521. The minimum Gasteiger partial charge on any atom is -0.493 e. The Balaban J connectivity index is 1.24. The lowest BCUT2D eigenvalue weighted by Crippen LogP contribution is -2.81. The van der Waals surface area contributed by atoms with Crippen LogP contribution in [0.5, 0.6) is 11.5 Å². The average molecular weight is 488 g/mol. The third-order valence-electron chi connectivity index (χ3n) is 10.6. The Labute approximate surface area is 214 Å². The smallest absolute Gasteiger partial charge is 0.165 e. The Hall–Kier alpha value is -2.34. The van der Waals surface area contributed by atoms with Gasteiger partial charge < -0.3 is 23.8 Å². The van der Waals surface area contributed by atoms with Crippen LogP contribution < -0.4 is 9.47 Å². The van der Waals surface area contributed by atoms with E-state index in [-0.39, 0.29) is 22.5 Å². The van der Waals surface area contributed by atoms with E-state index in [0.717, 1.165) is 43.7 Å². The number of fused-ring (bicyclic) bond motifs is 2. The monoisotopic (exact) mass is 487 g/mol. The second-order valence-corrected chi connectivity index (χ2v) is 11.6. The van der Waals surface area contributed by atoms with Gasteiger partial charge in [-0.25, -0.2) is 0 Å². The summed E-state index contributed by atoms with van der Waals surface area (Å²) in [6.07, 6.45) is 9.83. The number of likely N-dealkylation sites (N-methyl/N-ethyl adjacent to an activating group) is 1. The van der Waals surface area contributed by atoms with Crippen LogP contribution in [0.25, 0.3) is 6.08 Å². The van der Waals surface area contributed by atoms with Crippen molar-refractivity contribution in [3.8, 4) is 11.5 Å². The van der Waals surface area contributed by atoms with Crippen molar-refractivity contribution in [3.63, 3.8) is 0 Å². The number of hydrogen-bond acceptors (Lipinski definition) is 5. The SMILES string of the molecule is COc1ccc2c3c1O[C@@H]1C34CCN(C)[C@H](C2)C42CC[C@@]1(OC)[C@@H](COC/C=C/c1ccccc1)C2. The Morgan fingerprint density at radius 2 is 1.94 bits per heavy atom. The highest BCUT2D eigenvalue weighted by molar-refractivity contribution is 5.63. The van der Waals surface area contributed by atoms with Crippen molar-refractivity contribution in [1.29, 1.82) is 0 Å². The fourth-order valence-corrected chi connectivity index (χ4v) is 9.20. The van der Waals surface area contributed by atoms with Crippen LogP contribution in [-0.2, 0) is 21.3 Å². The van der Waals surface area contributed by atoms with Crippen molar-refractivity contribution in [2.45, 2.75) is 55.3 Å². The summed E-state index contributed by atoms with van der Waals surface area (Å²) in [5.41, 5.74) is 3.94. The fourth-order valence-electron chi connectivity index (χ4n) is 9.20. The molecule has 4 aliphatic carbocycles. The summed E-state index contributed by atoms with van der Waals surface area (Å²) < 4.78 is 25.8. The highest BCUT2D eigenvalue weighted by atomic mass is 16.6. The molecular formula is C31H37NO4. The minimum absolute atomic E-state index is 0.000391. The summed E-state index contributed by atoms with van der Waals surface area (Å²) in [4.78, 5) is 2.64. The maximum Gasteiger partial charge on any atom is 0.165 e. The van der Waals surface area contributed by atoms with Crippen LogP contribution in [0.15, 0.2) is 48.5 Å². The van der Waals surface area contributed by atoms with E-state index in [1.165, 1.54) is 23.1 Å². The van der Waals surface area contributed by atoms with Crippen molar-refractivity contribution >= 4 is 6.08 Å². The van der Waals surface area contributed by atoms with Crippen molar-refractivity contribution in [2.75, 3.05) is 41.0 Å². The molecule has 5 heteroatoms. The number of methoxy groups -OCH3 is 2. The van der Waals surface area contributed by atoms with Gasteiger partial charge in [-0.2, -0.15) is 0 Å². The molecule has 36 heavy (non-hydrogen) atoms. The molecule has 5 nitrogen and oxygen atoms in total. The molecule has 0 aromatic heterocycles. The van der Waals surface area contributed by atoms with E-state index >= 15 is 0 Å². The van der Waals surface area contributed by atoms with Crippen LogP contribution in [0.4, 0.5) is 0 Å². The van der Waals surface area contributed by atoms with E-state index < -0.39 is 0 Å². The third kappa shape index (κ3) is 2.72. The Kier molecular flexibility index (Phi) is 5.12. The number of piperidine rings is 1. The normalized spacial score (nSPS) is 37.7. The Morgan fingerprint density at radius 3 is 2.75 bits per heavy atom. The molecule has 8 rings (SSSR count). The summed E-state index contributed by atoms with van der Waals surface area (Å²) >= 11 is 0. The van der Waals surface area contributed by atoms with E-state index in [2.05, 4.69) is 60.5 Å². The molecule has 2 aromatic rings. The standard InChI is InChI=1S/C31H37NO4/c1-32-16-15-30-26-22-11-12-24(33-2)27(26)36-28(30)31(34-3)14-13-29(30,25(32)18-22)19-23(31)20-35-17-7-10-21-8-5-4-6-9-21/h4-12,23,25,28H,13-20H2,1-3H3/b10-7+/t23-,25-,28-,29?,30?,31-/m1/s1. The van der Waals surface area contributed by atoms with E-state index in [1.54, 1.807) is 7.11 Å². The highest BCUT2D eigenvalue weighted by Gasteiger charge is 2.80. The van der Waals surface area contributed by atoms with Gasteiger partial charge in [0.25, 0.3) is 0 Å².